The van der Waals surface area contributed by atoms with Crippen molar-refractivity contribution in [3.8, 4) is 0 Å². The number of carbonyl (C=O) groups is 2. The highest BCUT2D eigenvalue weighted by molar-refractivity contribution is 7.85. The lowest BCUT2D eigenvalue weighted by molar-refractivity contribution is 0.0960. The summed E-state index contributed by atoms with van der Waals surface area (Å²) in [4.78, 5) is 28.0. The molecular weight excluding hydrogens is 574 g/mol. The van der Waals surface area contributed by atoms with E-state index >= 15 is 4.39 Å². The average Bonchev–Trinajstić information content (AvgIpc) is 3.51. The van der Waals surface area contributed by atoms with Gasteiger partial charge < -0.3 is 10.6 Å². The lowest BCUT2D eigenvalue weighted by Gasteiger charge is -2.22. The van der Waals surface area contributed by atoms with Crippen molar-refractivity contribution in [3.63, 3.8) is 0 Å². The van der Waals surface area contributed by atoms with Gasteiger partial charge in [-0.15, -0.1) is 0 Å². The normalized spacial score (nSPS) is 17.9. The number of fused-ring (bicyclic) bond motifs is 3. The van der Waals surface area contributed by atoms with Crippen LogP contribution in [-0.2, 0) is 24.3 Å². The van der Waals surface area contributed by atoms with Crippen LogP contribution in [0, 0.1) is 11.6 Å². The number of rotatable bonds is 4. The Morgan fingerprint density at radius 1 is 1.23 bits per heavy atom. The Hall–Kier alpha value is -3.97. The largest absolute Gasteiger partial charge is 0.341 e. The van der Waals surface area contributed by atoms with Gasteiger partial charge in [0.05, 0.1) is 50.7 Å². The number of urea groups is 1. The third-order valence-corrected chi connectivity index (χ3v) is 8.44. The van der Waals surface area contributed by atoms with Crippen LogP contribution >= 0.6 is 11.6 Å². The predicted molar refractivity (Wildman–Crippen MR) is 140 cm³/mol. The molecule has 0 saturated carbocycles. The molecule has 2 unspecified atom stereocenters. The number of nitrogens with one attached hydrogen (secondary N) is 2. The van der Waals surface area contributed by atoms with E-state index in [1.807, 2.05) is 0 Å². The molecular formula is C26H18ClF4N5O3S. The highest BCUT2D eigenvalue weighted by atomic mass is 35.5. The van der Waals surface area contributed by atoms with Crippen molar-refractivity contribution in [3.05, 3.63) is 81.5 Å². The van der Waals surface area contributed by atoms with Crippen LogP contribution in [0.2, 0.25) is 5.02 Å². The fraction of sp³-hybridized carbons (Fsp3) is 0.192. The maximum Gasteiger partial charge on any atom is 0.327 e. The maximum absolute atomic E-state index is 15.0. The van der Waals surface area contributed by atoms with Crippen LogP contribution in [0.5, 0.6) is 0 Å². The molecule has 14 heteroatoms. The van der Waals surface area contributed by atoms with E-state index in [1.54, 1.807) is 0 Å². The zero-order chi connectivity index (χ0) is 28.5. The van der Waals surface area contributed by atoms with Crippen LogP contribution in [0.25, 0.3) is 10.9 Å². The summed E-state index contributed by atoms with van der Waals surface area (Å²) in [6.07, 6.45) is -3.48. The molecule has 0 saturated heterocycles. The molecule has 2 atom stereocenters. The molecule has 206 valence electrons. The number of hydrogen-bond acceptors (Lipinski definition) is 4. The summed E-state index contributed by atoms with van der Waals surface area (Å²) in [6.45, 7) is 0. The highest BCUT2D eigenvalue weighted by Gasteiger charge is 2.38. The summed E-state index contributed by atoms with van der Waals surface area (Å²) >= 11 is 6.11. The smallest absolute Gasteiger partial charge is 0.327 e. The Morgan fingerprint density at radius 3 is 2.75 bits per heavy atom. The Labute approximate surface area is 231 Å². The van der Waals surface area contributed by atoms with Crippen molar-refractivity contribution >= 4 is 56.6 Å². The minimum atomic E-state index is -2.76. The molecule has 2 aliphatic heterocycles. The monoisotopic (exact) mass is 591 g/mol. The van der Waals surface area contributed by atoms with Crippen molar-refractivity contribution in [2.75, 3.05) is 16.1 Å². The van der Waals surface area contributed by atoms with E-state index < -0.39 is 53.3 Å². The van der Waals surface area contributed by atoms with Crippen LogP contribution in [0.1, 0.15) is 33.2 Å². The first-order valence-corrected chi connectivity index (χ1v) is 13.6. The summed E-state index contributed by atoms with van der Waals surface area (Å²) < 4.78 is 69.9. The third-order valence-electron chi connectivity index (χ3n) is 6.89. The number of amides is 3. The number of hydrogen-bond donors (Lipinski definition) is 2. The van der Waals surface area contributed by atoms with Gasteiger partial charge in [-0.1, -0.05) is 11.6 Å². The molecule has 0 bridgehead atoms. The molecule has 3 heterocycles. The Kier molecular flexibility index (Phi) is 6.30. The summed E-state index contributed by atoms with van der Waals surface area (Å²) in [6, 6.07) is 6.73. The second-order valence-corrected chi connectivity index (χ2v) is 11.1. The number of anilines is 2. The van der Waals surface area contributed by atoms with Crippen molar-refractivity contribution in [2.45, 2.75) is 23.8 Å². The Balaban J connectivity index is 1.56. The average molecular weight is 592 g/mol. The lowest BCUT2D eigenvalue weighted by Crippen LogP contribution is -2.34. The van der Waals surface area contributed by atoms with Gasteiger partial charge in [-0.3, -0.25) is 18.6 Å². The first-order chi connectivity index (χ1) is 19.0. The molecule has 4 aromatic rings. The molecule has 0 fully saturated rings. The van der Waals surface area contributed by atoms with E-state index in [1.165, 1.54) is 36.0 Å². The van der Waals surface area contributed by atoms with Crippen LogP contribution in [0.3, 0.4) is 0 Å². The zero-order valence-corrected chi connectivity index (χ0v) is 22.0. The topological polar surface area (TPSA) is 96.3 Å². The summed E-state index contributed by atoms with van der Waals surface area (Å²) in [5, 5.41) is 9.99. The second-order valence-electron chi connectivity index (χ2n) is 9.29. The van der Waals surface area contributed by atoms with Crippen LogP contribution in [-0.4, -0.2) is 38.2 Å². The van der Waals surface area contributed by atoms with Crippen LogP contribution in [0.4, 0.5) is 33.7 Å². The van der Waals surface area contributed by atoms with Gasteiger partial charge in [0, 0.05) is 34.1 Å². The lowest BCUT2D eigenvalue weighted by atomic mass is 9.93. The number of halogens is 5. The number of alkyl halides is 2. The molecule has 0 spiro atoms. The molecule has 0 aliphatic carbocycles. The zero-order valence-electron chi connectivity index (χ0n) is 20.5. The van der Waals surface area contributed by atoms with Gasteiger partial charge in [0.2, 0.25) is 6.43 Å². The molecule has 2 N–H and O–H groups in total. The van der Waals surface area contributed by atoms with E-state index in [0.29, 0.717) is 0 Å². The van der Waals surface area contributed by atoms with E-state index in [2.05, 4.69) is 15.7 Å². The molecule has 6 rings (SSSR count). The first-order valence-electron chi connectivity index (χ1n) is 11.9. The predicted octanol–water partition coefficient (Wildman–Crippen LogP) is 5.26. The molecule has 1 aromatic heterocycles. The van der Waals surface area contributed by atoms with E-state index in [0.717, 1.165) is 23.1 Å². The van der Waals surface area contributed by atoms with Gasteiger partial charge in [-0.05, 0) is 42.5 Å². The van der Waals surface area contributed by atoms with Gasteiger partial charge in [0.15, 0.2) is 0 Å². The van der Waals surface area contributed by atoms with Crippen molar-refractivity contribution in [2.24, 2.45) is 7.05 Å². The van der Waals surface area contributed by atoms with Crippen molar-refractivity contribution < 1.29 is 31.4 Å². The summed E-state index contributed by atoms with van der Waals surface area (Å²) in [5.41, 5.74) is 0.577. The van der Waals surface area contributed by atoms with Gasteiger partial charge in [0.1, 0.15) is 17.5 Å². The number of aromatic nitrogens is 2. The minimum absolute atomic E-state index is 0.00292. The standard InChI is InChI=1S/C26H18ClF4N5O3S/c1-35-18(9-20(30)31)22-16(34-35)8-14-21(23(32-25(14)37)13-6-11(27)2-4-15(13)29)24(22)33-26(38)36-10-40(39)19-7-12(28)3-5-17(19)36/h2-8,20,23H,9-10H2,1H3,(H,32,37)(H,33,38). The molecule has 2 aliphatic rings. The van der Waals surface area contributed by atoms with E-state index in [-0.39, 0.29) is 60.5 Å². The quantitative estimate of drug-likeness (QED) is 0.316. The molecule has 40 heavy (non-hydrogen) atoms. The Bertz CT molecular complexity index is 1780. The van der Waals surface area contributed by atoms with Crippen molar-refractivity contribution in [1.29, 1.82) is 0 Å². The van der Waals surface area contributed by atoms with Gasteiger partial charge >= 0.3 is 6.03 Å². The van der Waals surface area contributed by atoms with Crippen LogP contribution < -0.4 is 15.5 Å². The van der Waals surface area contributed by atoms with E-state index in [9.17, 15) is 27.0 Å². The number of carbonyl (C=O) groups excluding carboxylic acids is 2. The number of benzene rings is 3. The van der Waals surface area contributed by atoms with Gasteiger partial charge in [0.25, 0.3) is 5.91 Å². The highest BCUT2D eigenvalue weighted by Crippen LogP contribution is 2.44. The van der Waals surface area contributed by atoms with Gasteiger partial charge in [-0.2, -0.15) is 5.10 Å². The second kappa shape index (κ2) is 9.59. The number of aryl methyl sites for hydroxylation is 1. The SMILES string of the molecule is Cn1nc2cc3c(c(NC(=O)N4CS(=O)c5cc(F)ccc54)c2c1CC(F)F)C(c1cc(Cl)ccc1F)NC3=O. The molecule has 3 aromatic carbocycles. The minimum Gasteiger partial charge on any atom is -0.341 e. The fourth-order valence-electron chi connectivity index (χ4n) is 5.18. The molecule has 8 nitrogen and oxygen atoms in total. The maximum atomic E-state index is 15.0. The molecule has 0 radical (unpaired) electrons. The summed E-state index contributed by atoms with van der Waals surface area (Å²) in [7, 11) is -0.265. The third kappa shape index (κ3) is 4.20. The fourth-order valence-corrected chi connectivity index (χ4v) is 6.64. The van der Waals surface area contributed by atoms with Gasteiger partial charge in [-0.25, -0.2) is 22.4 Å². The number of nitrogens with zero attached hydrogens (tertiary/aromatic N) is 3. The summed E-state index contributed by atoms with van der Waals surface area (Å²) in [5.74, 6) is -2.20. The van der Waals surface area contributed by atoms with Crippen LogP contribution in [0.15, 0.2) is 47.4 Å². The Morgan fingerprint density at radius 2 is 2.00 bits per heavy atom. The first kappa shape index (κ1) is 26.3. The van der Waals surface area contributed by atoms with E-state index in [4.69, 9.17) is 11.6 Å². The molecule has 3 amide bonds. The van der Waals surface area contributed by atoms with Crippen molar-refractivity contribution in [1.82, 2.24) is 15.1 Å².